The van der Waals surface area contributed by atoms with Gasteiger partial charge in [-0.25, -0.2) is 4.98 Å². The minimum atomic E-state index is 0.451. The highest BCUT2D eigenvalue weighted by atomic mass is 15.3. The Morgan fingerprint density at radius 2 is 1.87 bits per heavy atom. The van der Waals surface area contributed by atoms with Crippen LogP contribution in [0.1, 0.15) is 24.9 Å². The van der Waals surface area contributed by atoms with E-state index >= 15 is 0 Å². The fourth-order valence-corrected chi connectivity index (χ4v) is 4.77. The van der Waals surface area contributed by atoms with Crippen LogP contribution in [0.25, 0.3) is 0 Å². The van der Waals surface area contributed by atoms with Crippen LogP contribution in [0.15, 0.2) is 54.0 Å². The third kappa shape index (κ3) is 5.86. The fraction of sp³-hybridized carbons (Fsp3) is 0.583. The van der Waals surface area contributed by atoms with E-state index < -0.39 is 0 Å². The number of benzene rings is 1. The molecule has 31 heavy (non-hydrogen) atoms. The largest absolute Gasteiger partial charge is 0.355 e. The van der Waals surface area contributed by atoms with Gasteiger partial charge in [-0.2, -0.15) is 0 Å². The lowest BCUT2D eigenvalue weighted by atomic mass is 9.93. The lowest BCUT2D eigenvalue weighted by Crippen LogP contribution is -2.51. The lowest BCUT2D eigenvalue weighted by Gasteiger charge is -2.39. The summed E-state index contributed by atoms with van der Waals surface area (Å²) >= 11 is 0. The average Bonchev–Trinajstić information content (AvgIpc) is 3.34. The van der Waals surface area contributed by atoms with Gasteiger partial charge in [0.25, 0.3) is 0 Å². The molecule has 2 saturated heterocycles. The number of rotatable bonds is 6. The number of aliphatic imine (C=N–C) groups is 1. The summed E-state index contributed by atoms with van der Waals surface area (Å²) in [6, 6.07) is 11.2. The second kappa shape index (κ2) is 10.8. The Hall–Kier alpha value is -2.38. The molecule has 4 rings (SSSR count). The van der Waals surface area contributed by atoms with Crippen LogP contribution < -0.4 is 5.32 Å². The first-order valence-electron chi connectivity index (χ1n) is 11.6. The maximum absolute atomic E-state index is 4.57. The molecule has 2 aromatic rings. The van der Waals surface area contributed by atoms with Gasteiger partial charge in [0.2, 0.25) is 0 Å². The van der Waals surface area contributed by atoms with Crippen LogP contribution in [0, 0.1) is 5.92 Å². The second-order valence-corrected chi connectivity index (χ2v) is 8.87. The molecule has 0 aliphatic carbocycles. The Labute approximate surface area is 186 Å². The number of hydrogen-bond acceptors (Lipinski definition) is 4. The van der Waals surface area contributed by atoms with E-state index in [9.17, 15) is 0 Å². The Morgan fingerprint density at radius 1 is 1.10 bits per heavy atom. The number of piperidine rings is 1. The van der Waals surface area contributed by atoms with Crippen LogP contribution in [0.2, 0.25) is 0 Å². The molecule has 2 atom stereocenters. The van der Waals surface area contributed by atoms with Crippen molar-refractivity contribution in [3.05, 3.63) is 54.6 Å². The van der Waals surface area contributed by atoms with E-state index in [-0.39, 0.29) is 0 Å². The van der Waals surface area contributed by atoms with Crippen LogP contribution in [-0.2, 0) is 6.54 Å². The molecule has 0 saturated carbocycles. The van der Waals surface area contributed by atoms with E-state index in [0.29, 0.717) is 12.0 Å². The molecule has 0 amide bonds. The molecule has 168 valence electrons. The summed E-state index contributed by atoms with van der Waals surface area (Å²) in [6.45, 7) is 12.0. The molecular formula is C24H37N7. The quantitative estimate of drug-likeness (QED) is 0.570. The maximum atomic E-state index is 4.57. The summed E-state index contributed by atoms with van der Waals surface area (Å²) in [5, 5.41) is 3.61. The van der Waals surface area contributed by atoms with Crippen molar-refractivity contribution >= 4 is 5.96 Å². The number of nitrogens with zero attached hydrogens (tertiary/aromatic N) is 6. The lowest BCUT2D eigenvalue weighted by molar-refractivity contribution is 0.128. The van der Waals surface area contributed by atoms with Crippen LogP contribution >= 0.6 is 0 Å². The smallest absolute Gasteiger partial charge is 0.193 e. The SMILES string of the molecule is CN=C(NCCN1CCN(Cc2ccccc2)CC1)N1CCC(C)C(n2ccnc2)C1. The summed E-state index contributed by atoms with van der Waals surface area (Å²) in [7, 11) is 1.90. The van der Waals surface area contributed by atoms with E-state index in [1.165, 1.54) is 12.0 Å². The first-order valence-corrected chi connectivity index (χ1v) is 11.6. The van der Waals surface area contributed by atoms with Gasteiger partial charge in [0.1, 0.15) is 0 Å². The minimum absolute atomic E-state index is 0.451. The van der Waals surface area contributed by atoms with E-state index in [4.69, 9.17) is 0 Å². The highest BCUT2D eigenvalue weighted by Gasteiger charge is 2.29. The van der Waals surface area contributed by atoms with E-state index in [2.05, 4.69) is 78.0 Å². The van der Waals surface area contributed by atoms with Crippen molar-refractivity contribution in [3.8, 4) is 0 Å². The molecule has 2 fully saturated rings. The molecule has 2 aliphatic rings. The van der Waals surface area contributed by atoms with Gasteiger partial charge >= 0.3 is 0 Å². The van der Waals surface area contributed by atoms with Crippen LogP contribution in [0.3, 0.4) is 0 Å². The van der Waals surface area contributed by atoms with Crippen LogP contribution in [-0.4, -0.2) is 89.6 Å². The fourth-order valence-electron chi connectivity index (χ4n) is 4.77. The maximum Gasteiger partial charge on any atom is 0.193 e. The number of aromatic nitrogens is 2. The summed E-state index contributed by atoms with van der Waals surface area (Å²) in [5.74, 6) is 1.68. The number of guanidine groups is 1. The van der Waals surface area contributed by atoms with Crippen molar-refractivity contribution in [1.29, 1.82) is 0 Å². The van der Waals surface area contributed by atoms with E-state index in [1.54, 1.807) is 0 Å². The predicted octanol–water partition coefficient (Wildman–Crippen LogP) is 2.16. The predicted molar refractivity (Wildman–Crippen MR) is 126 cm³/mol. The molecular weight excluding hydrogens is 386 g/mol. The molecule has 2 unspecified atom stereocenters. The summed E-state index contributed by atoms with van der Waals surface area (Å²) in [4.78, 5) is 16.3. The zero-order valence-electron chi connectivity index (χ0n) is 19.0. The standard InChI is InChI=1S/C24H37N7/c1-21-8-11-30(19-23(21)31-13-9-26-20-31)24(25-2)27-10-12-28-14-16-29(17-15-28)18-22-6-4-3-5-7-22/h3-7,9,13,20-21,23H,8,10-12,14-19H2,1-2H3,(H,25,27). The zero-order chi connectivity index (χ0) is 21.5. The Morgan fingerprint density at radius 3 is 2.58 bits per heavy atom. The zero-order valence-corrected chi connectivity index (χ0v) is 19.0. The van der Waals surface area contributed by atoms with Crippen molar-refractivity contribution in [2.45, 2.75) is 25.9 Å². The molecule has 1 N–H and O–H groups in total. The normalized spacial score (nSPS) is 23.8. The van der Waals surface area contributed by atoms with Crippen molar-refractivity contribution < 1.29 is 0 Å². The minimum Gasteiger partial charge on any atom is -0.355 e. The number of nitrogens with one attached hydrogen (secondary N) is 1. The third-order valence-electron chi connectivity index (χ3n) is 6.76. The van der Waals surface area contributed by atoms with Crippen LogP contribution in [0.4, 0.5) is 0 Å². The van der Waals surface area contributed by atoms with Crippen molar-refractivity contribution in [1.82, 2.24) is 29.6 Å². The van der Waals surface area contributed by atoms with Crippen molar-refractivity contribution in [2.24, 2.45) is 10.9 Å². The van der Waals surface area contributed by atoms with Gasteiger partial charge in [0.05, 0.1) is 12.4 Å². The van der Waals surface area contributed by atoms with Gasteiger partial charge < -0.3 is 14.8 Å². The summed E-state index contributed by atoms with van der Waals surface area (Å²) in [6.07, 6.45) is 7.07. The van der Waals surface area contributed by atoms with Crippen molar-refractivity contribution in [2.75, 3.05) is 59.4 Å². The number of hydrogen-bond donors (Lipinski definition) is 1. The molecule has 7 heteroatoms. The topological polar surface area (TPSA) is 51.9 Å². The summed E-state index contributed by atoms with van der Waals surface area (Å²) < 4.78 is 2.25. The van der Waals surface area contributed by atoms with Gasteiger partial charge in [0.15, 0.2) is 5.96 Å². The Balaban J connectivity index is 1.19. The Bertz CT molecular complexity index is 797. The highest BCUT2D eigenvalue weighted by Crippen LogP contribution is 2.27. The van der Waals surface area contributed by atoms with Gasteiger partial charge in [-0.15, -0.1) is 0 Å². The number of imidazole rings is 1. The van der Waals surface area contributed by atoms with E-state index in [0.717, 1.165) is 64.9 Å². The van der Waals surface area contributed by atoms with E-state index in [1.807, 2.05) is 19.6 Å². The number of piperazine rings is 1. The molecule has 0 spiro atoms. The molecule has 3 heterocycles. The van der Waals surface area contributed by atoms with Gasteiger partial charge in [-0.05, 0) is 17.9 Å². The Kier molecular flexibility index (Phi) is 7.59. The van der Waals surface area contributed by atoms with Crippen LogP contribution in [0.5, 0.6) is 0 Å². The molecule has 1 aromatic carbocycles. The first kappa shape index (κ1) is 21.8. The molecule has 0 bridgehead atoms. The molecule has 0 radical (unpaired) electrons. The average molecular weight is 424 g/mol. The molecule has 2 aliphatic heterocycles. The second-order valence-electron chi connectivity index (χ2n) is 8.87. The highest BCUT2D eigenvalue weighted by molar-refractivity contribution is 5.80. The first-order chi connectivity index (χ1) is 15.2. The van der Waals surface area contributed by atoms with Gasteiger partial charge in [-0.1, -0.05) is 37.3 Å². The van der Waals surface area contributed by atoms with Gasteiger partial charge in [0, 0.05) is 78.3 Å². The van der Waals surface area contributed by atoms with Crippen molar-refractivity contribution in [3.63, 3.8) is 0 Å². The summed E-state index contributed by atoms with van der Waals surface area (Å²) in [5.41, 5.74) is 1.41. The third-order valence-corrected chi connectivity index (χ3v) is 6.76. The monoisotopic (exact) mass is 423 g/mol. The van der Waals surface area contributed by atoms with Gasteiger partial charge in [-0.3, -0.25) is 14.8 Å². The number of likely N-dealkylation sites (tertiary alicyclic amines) is 1. The molecule has 7 nitrogen and oxygen atoms in total. The molecule has 1 aromatic heterocycles.